The maximum atomic E-state index is 11.6. The number of carbonyl (C=O) groups excluding carboxylic acids is 2. The van der Waals surface area contributed by atoms with Gasteiger partial charge in [0.1, 0.15) is 6.10 Å². The van der Waals surface area contributed by atoms with Crippen LogP contribution in [0.4, 0.5) is 0 Å². The van der Waals surface area contributed by atoms with Crippen molar-refractivity contribution >= 4 is 11.9 Å². The molecule has 5 heteroatoms. The third kappa shape index (κ3) is 8.59. The van der Waals surface area contributed by atoms with Crippen LogP contribution in [0.25, 0.3) is 0 Å². The van der Waals surface area contributed by atoms with Gasteiger partial charge in [0, 0.05) is 0 Å². The molecule has 0 rings (SSSR count). The third-order valence-electron chi connectivity index (χ3n) is 2.75. The molecule has 0 aliphatic rings. The normalized spacial score (nSPS) is 15.4. The van der Waals surface area contributed by atoms with Gasteiger partial charge in [-0.2, -0.15) is 0 Å². The lowest BCUT2D eigenvalue weighted by atomic mass is 10.1. The van der Waals surface area contributed by atoms with Crippen molar-refractivity contribution in [3.05, 3.63) is 0 Å². The Labute approximate surface area is 115 Å². The first-order chi connectivity index (χ1) is 8.88. The molecule has 0 fully saturated rings. The summed E-state index contributed by atoms with van der Waals surface area (Å²) in [5.74, 6) is -1.39. The van der Waals surface area contributed by atoms with Crippen LogP contribution in [0, 0.1) is 0 Å². The summed E-state index contributed by atoms with van der Waals surface area (Å²) in [4.78, 5) is 22.7. The fourth-order valence-corrected chi connectivity index (χ4v) is 1.53. The monoisotopic (exact) mass is 274 g/mol. The van der Waals surface area contributed by atoms with E-state index in [-0.39, 0.29) is 6.10 Å². The van der Waals surface area contributed by atoms with Crippen molar-refractivity contribution < 1.29 is 24.2 Å². The maximum Gasteiger partial charge on any atom is 0.347 e. The number of hydrogen-bond donors (Lipinski definition) is 1. The van der Waals surface area contributed by atoms with Gasteiger partial charge in [0.25, 0.3) is 0 Å². The average Bonchev–Trinajstić information content (AvgIpc) is 2.34. The Hall–Kier alpha value is -1.10. The van der Waals surface area contributed by atoms with E-state index in [0.717, 1.165) is 19.3 Å². The highest BCUT2D eigenvalue weighted by atomic mass is 16.6. The molecule has 0 bridgehead atoms. The Morgan fingerprint density at radius 2 is 1.63 bits per heavy atom. The van der Waals surface area contributed by atoms with Crippen LogP contribution >= 0.6 is 0 Å². The van der Waals surface area contributed by atoms with Gasteiger partial charge >= 0.3 is 11.9 Å². The van der Waals surface area contributed by atoms with Gasteiger partial charge in [-0.15, -0.1) is 0 Å². The lowest BCUT2D eigenvalue weighted by Gasteiger charge is -2.17. The zero-order valence-corrected chi connectivity index (χ0v) is 12.3. The standard InChI is InChI=1S/C14H26O5/c1-5-6-7-8-9-10(2)18-14(17)12(4)19-13(16)11(3)15/h10-12,15H,5-9H2,1-4H3/t10-,11+,12-/m0/s1. The molecule has 112 valence electrons. The zero-order chi connectivity index (χ0) is 14.8. The van der Waals surface area contributed by atoms with Gasteiger partial charge in [-0.1, -0.05) is 26.2 Å². The molecular weight excluding hydrogens is 248 g/mol. The minimum atomic E-state index is -1.23. The predicted octanol–water partition coefficient (Wildman–Crippen LogP) is 2.20. The zero-order valence-electron chi connectivity index (χ0n) is 12.3. The summed E-state index contributed by atoms with van der Waals surface area (Å²) in [6.07, 6.45) is 2.90. The van der Waals surface area contributed by atoms with Gasteiger partial charge in [0.05, 0.1) is 6.10 Å². The van der Waals surface area contributed by atoms with Gasteiger partial charge in [-0.05, 0) is 33.6 Å². The predicted molar refractivity (Wildman–Crippen MR) is 71.5 cm³/mol. The Bertz CT molecular complexity index is 275. The molecule has 0 radical (unpaired) electrons. The summed E-state index contributed by atoms with van der Waals surface area (Å²) in [6, 6.07) is 0. The fourth-order valence-electron chi connectivity index (χ4n) is 1.53. The minimum absolute atomic E-state index is 0.183. The van der Waals surface area contributed by atoms with Crippen molar-refractivity contribution in [2.24, 2.45) is 0 Å². The van der Waals surface area contributed by atoms with Gasteiger partial charge in [-0.3, -0.25) is 0 Å². The molecule has 19 heavy (non-hydrogen) atoms. The third-order valence-corrected chi connectivity index (χ3v) is 2.75. The second kappa shape index (κ2) is 9.78. The van der Waals surface area contributed by atoms with E-state index in [1.54, 1.807) is 0 Å². The molecule has 0 aromatic carbocycles. The first kappa shape index (κ1) is 17.9. The van der Waals surface area contributed by atoms with E-state index in [1.807, 2.05) is 6.92 Å². The quantitative estimate of drug-likeness (QED) is 0.515. The summed E-state index contributed by atoms with van der Waals surface area (Å²) >= 11 is 0. The van der Waals surface area contributed by atoms with Crippen molar-refractivity contribution in [1.82, 2.24) is 0 Å². The number of rotatable bonds is 9. The average molecular weight is 274 g/mol. The van der Waals surface area contributed by atoms with Crippen molar-refractivity contribution in [3.63, 3.8) is 0 Å². The molecule has 1 N–H and O–H groups in total. The molecule has 0 heterocycles. The molecule has 0 saturated heterocycles. The van der Waals surface area contributed by atoms with Crippen LogP contribution in [0.2, 0.25) is 0 Å². The molecule has 0 aliphatic heterocycles. The number of carbonyl (C=O) groups is 2. The molecular formula is C14H26O5. The number of hydrogen-bond acceptors (Lipinski definition) is 5. The summed E-state index contributed by atoms with van der Waals surface area (Å²) < 4.78 is 9.93. The number of aliphatic hydroxyl groups excluding tert-OH is 1. The maximum absolute atomic E-state index is 11.6. The second-order valence-corrected chi connectivity index (χ2v) is 4.85. The van der Waals surface area contributed by atoms with Crippen molar-refractivity contribution in [3.8, 4) is 0 Å². The minimum Gasteiger partial charge on any atom is -0.460 e. The highest BCUT2D eigenvalue weighted by Crippen LogP contribution is 2.09. The molecule has 0 spiro atoms. The van der Waals surface area contributed by atoms with E-state index in [9.17, 15) is 9.59 Å². The van der Waals surface area contributed by atoms with Crippen molar-refractivity contribution in [1.29, 1.82) is 0 Å². The topological polar surface area (TPSA) is 72.8 Å². The highest BCUT2D eigenvalue weighted by Gasteiger charge is 2.23. The second-order valence-electron chi connectivity index (χ2n) is 4.85. The SMILES string of the molecule is CCCCCC[C@H](C)OC(=O)[C@H](C)OC(=O)[C@@H](C)O. The van der Waals surface area contributed by atoms with E-state index < -0.39 is 24.1 Å². The van der Waals surface area contributed by atoms with E-state index in [1.165, 1.54) is 26.7 Å². The van der Waals surface area contributed by atoms with Gasteiger partial charge in [-0.25, -0.2) is 9.59 Å². The molecule has 3 atom stereocenters. The van der Waals surface area contributed by atoms with Crippen LogP contribution < -0.4 is 0 Å². The number of unbranched alkanes of at least 4 members (excludes halogenated alkanes) is 3. The van der Waals surface area contributed by atoms with E-state index >= 15 is 0 Å². The molecule has 0 amide bonds. The number of aliphatic hydroxyl groups is 1. The van der Waals surface area contributed by atoms with Crippen molar-refractivity contribution in [2.45, 2.75) is 78.1 Å². The molecule has 0 saturated carbocycles. The van der Waals surface area contributed by atoms with Crippen LogP contribution in [0.15, 0.2) is 0 Å². The summed E-state index contributed by atoms with van der Waals surface area (Å²) in [7, 11) is 0. The Morgan fingerprint density at radius 3 is 2.16 bits per heavy atom. The number of esters is 2. The summed E-state index contributed by atoms with van der Waals surface area (Å²) in [6.45, 7) is 6.69. The molecule has 0 aromatic rings. The summed E-state index contributed by atoms with van der Waals surface area (Å²) in [5, 5.41) is 8.97. The lowest BCUT2D eigenvalue weighted by molar-refractivity contribution is -0.174. The molecule has 0 aromatic heterocycles. The Morgan fingerprint density at radius 1 is 1.00 bits per heavy atom. The van der Waals surface area contributed by atoms with E-state index in [2.05, 4.69) is 6.92 Å². The Kier molecular flexibility index (Phi) is 9.21. The van der Waals surface area contributed by atoms with Gasteiger partial charge < -0.3 is 14.6 Å². The highest BCUT2D eigenvalue weighted by molar-refractivity contribution is 5.80. The molecule has 0 unspecified atom stereocenters. The van der Waals surface area contributed by atoms with Crippen molar-refractivity contribution in [2.75, 3.05) is 0 Å². The van der Waals surface area contributed by atoms with E-state index in [0.29, 0.717) is 0 Å². The van der Waals surface area contributed by atoms with Crippen LogP contribution in [0.3, 0.4) is 0 Å². The first-order valence-corrected chi connectivity index (χ1v) is 6.97. The van der Waals surface area contributed by atoms with Crippen LogP contribution in [0.1, 0.15) is 59.8 Å². The lowest BCUT2D eigenvalue weighted by Crippen LogP contribution is -2.32. The smallest absolute Gasteiger partial charge is 0.347 e. The first-order valence-electron chi connectivity index (χ1n) is 6.97. The van der Waals surface area contributed by atoms with Crippen LogP contribution in [-0.2, 0) is 19.1 Å². The van der Waals surface area contributed by atoms with Crippen LogP contribution in [0.5, 0.6) is 0 Å². The largest absolute Gasteiger partial charge is 0.460 e. The molecule has 5 nitrogen and oxygen atoms in total. The molecule has 0 aliphatic carbocycles. The Balaban J connectivity index is 3.91. The van der Waals surface area contributed by atoms with Gasteiger partial charge in [0.2, 0.25) is 0 Å². The fraction of sp³-hybridized carbons (Fsp3) is 0.857. The van der Waals surface area contributed by atoms with E-state index in [4.69, 9.17) is 14.6 Å². The summed E-state index contributed by atoms with van der Waals surface area (Å²) in [5.41, 5.74) is 0. The van der Waals surface area contributed by atoms with Gasteiger partial charge in [0.15, 0.2) is 6.10 Å². The number of ether oxygens (including phenoxy) is 2. The van der Waals surface area contributed by atoms with Crippen LogP contribution in [-0.4, -0.2) is 35.4 Å².